The van der Waals surface area contributed by atoms with E-state index in [1.54, 1.807) is 6.92 Å². The van der Waals surface area contributed by atoms with Crippen LogP contribution in [-0.4, -0.2) is 17.0 Å². The van der Waals surface area contributed by atoms with Crippen LogP contribution in [0.15, 0.2) is 23.1 Å². The molecule has 1 amide bonds. The maximum atomic E-state index is 11.5. The van der Waals surface area contributed by atoms with E-state index >= 15 is 0 Å². The molecule has 0 aliphatic carbocycles. The van der Waals surface area contributed by atoms with Gasteiger partial charge in [-0.25, -0.2) is 0 Å². The van der Waals surface area contributed by atoms with Crippen molar-refractivity contribution in [2.75, 3.05) is 12.3 Å². The van der Waals surface area contributed by atoms with Crippen LogP contribution in [0.25, 0.3) is 0 Å². The zero-order valence-corrected chi connectivity index (χ0v) is 8.86. The fraction of sp³-hybridized carbons (Fsp3) is 0.400. The molecule has 1 unspecified atom stereocenters. The van der Waals surface area contributed by atoms with Crippen LogP contribution < -0.4 is 16.6 Å². The van der Waals surface area contributed by atoms with E-state index in [9.17, 15) is 9.59 Å². The second-order valence-electron chi connectivity index (χ2n) is 3.28. The van der Waals surface area contributed by atoms with Gasteiger partial charge in [-0.2, -0.15) is 0 Å². The summed E-state index contributed by atoms with van der Waals surface area (Å²) in [6.07, 6.45) is 1.47. The van der Waals surface area contributed by atoms with Gasteiger partial charge in [0, 0.05) is 24.5 Å². The SMILES string of the molecule is CCNC(=O)C(C)n1cc(N)ccc1=O. The Morgan fingerprint density at radius 1 is 1.60 bits per heavy atom. The van der Waals surface area contributed by atoms with Crippen molar-refractivity contribution in [1.29, 1.82) is 0 Å². The number of hydrogen-bond acceptors (Lipinski definition) is 3. The summed E-state index contributed by atoms with van der Waals surface area (Å²) >= 11 is 0. The van der Waals surface area contributed by atoms with Crippen LogP contribution in [0.5, 0.6) is 0 Å². The van der Waals surface area contributed by atoms with Crippen molar-refractivity contribution in [1.82, 2.24) is 9.88 Å². The maximum Gasteiger partial charge on any atom is 0.251 e. The number of carbonyl (C=O) groups excluding carboxylic acids is 1. The topological polar surface area (TPSA) is 77.1 Å². The minimum absolute atomic E-state index is 0.190. The first kappa shape index (κ1) is 11.3. The van der Waals surface area contributed by atoms with Gasteiger partial charge in [0.1, 0.15) is 6.04 Å². The van der Waals surface area contributed by atoms with Crippen LogP contribution in [0, 0.1) is 0 Å². The molecule has 1 heterocycles. The van der Waals surface area contributed by atoms with Crippen LogP contribution in [0.2, 0.25) is 0 Å². The highest BCUT2D eigenvalue weighted by Gasteiger charge is 2.14. The minimum atomic E-state index is -0.541. The molecule has 5 heteroatoms. The highest BCUT2D eigenvalue weighted by atomic mass is 16.2. The molecule has 5 nitrogen and oxygen atoms in total. The first-order valence-corrected chi connectivity index (χ1v) is 4.81. The molecule has 1 aromatic rings. The Labute approximate surface area is 87.9 Å². The zero-order chi connectivity index (χ0) is 11.4. The van der Waals surface area contributed by atoms with Gasteiger partial charge >= 0.3 is 0 Å². The largest absolute Gasteiger partial charge is 0.398 e. The van der Waals surface area contributed by atoms with Gasteiger partial charge in [-0.15, -0.1) is 0 Å². The van der Waals surface area contributed by atoms with Crippen molar-refractivity contribution >= 4 is 11.6 Å². The zero-order valence-electron chi connectivity index (χ0n) is 8.86. The van der Waals surface area contributed by atoms with E-state index in [4.69, 9.17) is 5.73 Å². The van der Waals surface area contributed by atoms with Crippen molar-refractivity contribution in [3.63, 3.8) is 0 Å². The Hall–Kier alpha value is -1.78. The van der Waals surface area contributed by atoms with Gasteiger partial charge < -0.3 is 15.6 Å². The summed E-state index contributed by atoms with van der Waals surface area (Å²) in [6.45, 7) is 4.03. The summed E-state index contributed by atoms with van der Waals surface area (Å²) in [5.41, 5.74) is 5.78. The first-order chi connectivity index (χ1) is 7.06. The number of nitrogens with zero attached hydrogens (tertiary/aromatic N) is 1. The molecular formula is C10H15N3O2. The maximum absolute atomic E-state index is 11.5. The lowest BCUT2D eigenvalue weighted by Crippen LogP contribution is -2.35. The third-order valence-corrected chi connectivity index (χ3v) is 2.11. The van der Waals surface area contributed by atoms with E-state index in [1.165, 1.54) is 22.9 Å². The van der Waals surface area contributed by atoms with E-state index < -0.39 is 6.04 Å². The molecule has 1 aromatic heterocycles. The van der Waals surface area contributed by atoms with Gasteiger partial charge in [0.2, 0.25) is 5.91 Å². The summed E-state index contributed by atoms with van der Waals surface area (Å²) in [6, 6.07) is 2.33. The number of aromatic nitrogens is 1. The van der Waals surface area contributed by atoms with E-state index in [-0.39, 0.29) is 11.5 Å². The molecule has 0 aliphatic rings. The summed E-state index contributed by atoms with van der Waals surface area (Å²) in [5, 5.41) is 2.65. The van der Waals surface area contributed by atoms with Crippen LogP contribution in [0.4, 0.5) is 5.69 Å². The smallest absolute Gasteiger partial charge is 0.251 e. The predicted molar refractivity (Wildman–Crippen MR) is 58.5 cm³/mol. The number of rotatable bonds is 3. The van der Waals surface area contributed by atoms with Crippen molar-refractivity contribution in [3.8, 4) is 0 Å². The second-order valence-corrected chi connectivity index (χ2v) is 3.28. The quantitative estimate of drug-likeness (QED) is 0.742. The van der Waals surface area contributed by atoms with Gasteiger partial charge in [-0.1, -0.05) is 0 Å². The Bertz CT molecular complexity index is 411. The summed E-state index contributed by atoms with van der Waals surface area (Å²) < 4.78 is 1.32. The van der Waals surface area contributed by atoms with Crippen molar-refractivity contribution in [2.45, 2.75) is 19.9 Å². The minimum Gasteiger partial charge on any atom is -0.398 e. The third-order valence-electron chi connectivity index (χ3n) is 2.11. The standard InChI is InChI=1S/C10H15N3O2/c1-3-12-10(15)7(2)13-6-8(11)4-5-9(13)14/h4-7H,3,11H2,1-2H3,(H,12,15). The summed E-state index contributed by atoms with van der Waals surface area (Å²) in [5.74, 6) is -0.190. The summed E-state index contributed by atoms with van der Waals surface area (Å²) in [4.78, 5) is 22.9. The number of pyridine rings is 1. The van der Waals surface area contributed by atoms with Crippen molar-refractivity contribution < 1.29 is 4.79 Å². The Morgan fingerprint density at radius 3 is 2.87 bits per heavy atom. The molecule has 0 fully saturated rings. The number of nitrogen functional groups attached to an aromatic ring is 1. The first-order valence-electron chi connectivity index (χ1n) is 4.81. The van der Waals surface area contributed by atoms with Gasteiger partial charge in [0.15, 0.2) is 0 Å². The molecular weight excluding hydrogens is 194 g/mol. The molecule has 82 valence electrons. The molecule has 0 radical (unpaired) electrons. The van der Waals surface area contributed by atoms with Crippen molar-refractivity contribution in [2.24, 2.45) is 0 Å². The molecule has 0 spiro atoms. The van der Waals surface area contributed by atoms with E-state index in [2.05, 4.69) is 5.32 Å². The number of likely N-dealkylation sites (N-methyl/N-ethyl adjacent to an activating group) is 1. The molecule has 0 aromatic carbocycles. The van der Waals surface area contributed by atoms with Crippen LogP contribution in [0.1, 0.15) is 19.9 Å². The fourth-order valence-corrected chi connectivity index (χ4v) is 1.27. The van der Waals surface area contributed by atoms with Gasteiger partial charge in [-0.3, -0.25) is 9.59 Å². The molecule has 0 aliphatic heterocycles. The predicted octanol–water partition coefficient (Wildman–Crippen LogP) is 0.128. The Kier molecular flexibility index (Phi) is 3.49. The number of nitrogens with two attached hydrogens (primary N) is 1. The van der Waals surface area contributed by atoms with Crippen molar-refractivity contribution in [3.05, 3.63) is 28.7 Å². The highest BCUT2D eigenvalue weighted by molar-refractivity contribution is 5.79. The van der Waals surface area contributed by atoms with Crippen LogP contribution >= 0.6 is 0 Å². The van der Waals surface area contributed by atoms with Crippen LogP contribution in [-0.2, 0) is 4.79 Å². The molecule has 0 saturated heterocycles. The lowest BCUT2D eigenvalue weighted by molar-refractivity contribution is -0.123. The number of carbonyl (C=O) groups is 1. The lowest BCUT2D eigenvalue weighted by atomic mass is 10.3. The van der Waals surface area contributed by atoms with Crippen LogP contribution in [0.3, 0.4) is 0 Å². The van der Waals surface area contributed by atoms with Gasteiger partial charge in [0.05, 0.1) is 0 Å². The number of hydrogen-bond donors (Lipinski definition) is 2. The number of nitrogens with one attached hydrogen (secondary N) is 1. The monoisotopic (exact) mass is 209 g/mol. The molecule has 3 N–H and O–H groups in total. The molecule has 15 heavy (non-hydrogen) atoms. The summed E-state index contributed by atoms with van der Waals surface area (Å²) in [7, 11) is 0. The second kappa shape index (κ2) is 4.63. The Balaban J connectivity index is 3.00. The average Bonchev–Trinajstić information content (AvgIpc) is 2.21. The molecule has 0 bridgehead atoms. The van der Waals surface area contributed by atoms with E-state index in [1.807, 2.05) is 6.92 Å². The van der Waals surface area contributed by atoms with E-state index in [0.29, 0.717) is 12.2 Å². The Morgan fingerprint density at radius 2 is 2.27 bits per heavy atom. The highest BCUT2D eigenvalue weighted by Crippen LogP contribution is 2.05. The number of amides is 1. The molecule has 0 saturated carbocycles. The average molecular weight is 209 g/mol. The van der Waals surface area contributed by atoms with E-state index in [0.717, 1.165) is 0 Å². The third kappa shape index (κ3) is 2.59. The lowest BCUT2D eigenvalue weighted by Gasteiger charge is -2.14. The van der Waals surface area contributed by atoms with Gasteiger partial charge in [0.25, 0.3) is 5.56 Å². The number of anilines is 1. The fourth-order valence-electron chi connectivity index (χ4n) is 1.27. The van der Waals surface area contributed by atoms with Gasteiger partial charge in [-0.05, 0) is 19.9 Å². The molecule has 1 rings (SSSR count). The molecule has 1 atom stereocenters. The normalized spacial score (nSPS) is 12.1.